The summed E-state index contributed by atoms with van der Waals surface area (Å²) >= 11 is 0. The maximum Gasteiger partial charge on any atom is 0.286 e. The minimum atomic E-state index is -0.548. The van der Waals surface area contributed by atoms with Crippen molar-refractivity contribution in [3.63, 3.8) is 0 Å². The van der Waals surface area contributed by atoms with E-state index in [9.17, 15) is 4.79 Å². The molecule has 0 unspecified atom stereocenters. The molecule has 0 bridgehead atoms. The van der Waals surface area contributed by atoms with Crippen molar-refractivity contribution in [1.29, 1.82) is 0 Å². The van der Waals surface area contributed by atoms with Gasteiger partial charge in [-0.25, -0.2) is 9.97 Å². The maximum atomic E-state index is 10.9. The fourth-order valence-corrected chi connectivity index (χ4v) is 2.12. The summed E-state index contributed by atoms with van der Waals surface area (Å²) in [6.07, 6.45) is 7.76. The predicted molar refractivity (Wildman–Crippen MR) is 56.4 cm³/mol. The summed E-state index contributed by atoms with van der Waals surface area (Å²) < 4.78 is 0. The molecule has 2 rings (SSSR count). The summed E-state index contributed by atoms with van der Waals surface area (Å²) in [6, 6.07) is 1.89. The van der Waals surface area contributed by atoms with Gasteiger partial charge in [0.05, 0.1) is 0 Å². The van der Waals surface area contributed by atoms with Crippen molar-refractivity contribution in [2.75, 3.05) is 0 Å². The van der Waals surface area contributed by atoms with Gasteiger partial charge in [-0.05, 0) is 18.9 Å². The summed E-state index contributed by atoms with van der Waals surface area (Å²) in [6.45, 7) is 0. The first-order valence-electron chi connectivity index (χ1n) is 5.40. The number of hydrogen-bond acceptors (Lipinski definition) is 3. The van der Waals surface area contributed by atoms with Crippen molar-refractivity contribution in [2.24, 2.45) is 5.73 Å². The summed E-state index contributed by atoms with van der Waals surface area (Å²) in [7, 11) is 0. The summed E-state index contributed by atoms with van der Waals surface area (Å²) in [5.41, 5.74) is 6.12. The third kappa shape index (κ3) is 2.32. The first-order chi connectivity index (χ1) is 7.27. The van der Waals surface area contributed by atoms with Crippen molar-refractivity contribution < 1.29 is 4.79 Å². The Balaban J connectivity index is 2.19. The molecule has 15 heavy (non-hydrogen) atoms. The largest absolute Gasteiger partial charge is 0.363 e. The van der Waals surface area contributed by atoms with Crippen molar-refractivity contribution in [3.8, 4) is 0 Å². The van der Waals surface area contributed by atoms with Crippen LogP contribution in [0.4, 0.5) is 0 Å². The van der Waals surface area contributed by atoms with Crippen LogP contribution >= 0.6 is 0 Å². The van der Waals surface area contributed by atoms with Gasteiger partial charge in [-0.1, -0.05) is 19.3 Å². The zero-order valence-electron chi connectivity index (χ0n) is 8.65. The van der Waals surface area contributed by atoms with E-state index in [1.54, 1.807) is 6.20 Å². The normalized spacial score (nSPS) is 17.6. The molecule has 1 amide bonds. The van der Waals surface area contributed by atoms with Crippen LogP contribution in [-0.2, 0) is 0 Å². The van der Waals surface area contributed by atoms with Crippen molar-refractivity contribution in [3.05, 3.63) is 23.8 Å². The first kappa shape index (κ1) is 10.1. The van der Waals surface area contributed by atoms with Gasteiger partial charge in [-0.15, -0.1) is 0 Å². The average molecular weight is 205 g/mol. The van der Waals surface area contributed by atoms with E-state index in [2.05, 4.69) is 9.97 Å². The molecule has 0 aromatic carbocycles. The Kier molecular flexibility index (Phi) is 2.94. The van der Waals surface area contributed by atoms with Gasteiger partial charge < -0.3 is 5.73 Å². The molecule has 2 N–H and O–H groups in total. The van der Waals surface area contributed by atoms with Crippen LogP contribution < -0.4 is 5.73 Å². The number of carbonyl (C=O) groups excluding carboxylic acids is 1. The Labute approximate surface area is 88.9 Å². The predicted octanol–water partition coefficient (Wildman–Crippen LogP) is 1.62. The van der Waals surface area contributed by atoms with Crippen LogP contribution in [0.25, 0.3) is 0 Å². The Morgan fingerprint density at radius 2 is 2.07 bits per heavy atom. The molecule has 1 aromatic rings. The van der Waals surface area contributed by atoms with E-state index in [0.29, 0.717) is 5.92 Å². The fourth-order valence-electron chi connectivity index (χ4n) is 2.12. The Bertz CT molecular complexity index is 359. The van der Waals surface area contributed by atoms with Crippen molar-refractivity contribution >= 4 is 5.91 Å². The van der Waals surface area contributed by atoms with E-state index >= 15 is 0 Å². The minimum Gasteiger partial charge on any atom is -0.363 e. The molecule has 0 aliphatic heterocycles. The number of nitrogens with zero attached hydrogens (tertiary/aromatic N) is 2. The van der Waals surface area contributed by atoms with Gasteiger partial charge in [0.25, 0.3) is 5.91 Å². The van der Waals surface area contributed by atoms with Gasteiger partial charge in [-0.3, -0.25) is 4.79 Å². The molecular weight excluding hydrogens is 190 g/mol. The van der Waals surface area contributed by atoms with Crippen LogP contribution in [0.3, 0.4) is 0 Å². The first-order valence-corrected chi connectivity index (χ1v) is 5.40. The highest BCUT2D eigenvalue weighted by atomic mass is 16.1. The highest BCUT2D eigenvalue weighted by Gasteiger charge is 2.17. The Morgan fingerprint density at radius 1 is 1.33 bits per heavy atom. The average Bonchev–Trinajstić information content (AvgIpc) is 2.30. The molecule has 1 aliphatic rings. The number of nitrogens with two attached hydrogens (primary N) is 1. The van der Waals surface area contributed by atoms with Crippen molar-refractivity contribution in [2.45, 2.75) is 38.0 Å². The molecule has 0 saturated heterocycles. The maximum absolute atomic E-state index is 10.9. The third-order valence-electron chi connectivity index (χ3n) is 2.92. The lowest BCUT2D eigenvalue weighted by molar-refractivity contribution is 0.0990. The molecular formula is C11H15N3O. The van der Waals surface area contributed by atoms with Crippen LogP contribution in [0.5, 0.6) is 0 Å². The minimum absolute atomic E-state index is 0.137. The van der Waals surface area contributed by atoms with E-state index < -0.39 is 5.91 Å². The van der Waals surface area contributed by atoms with Crippen LogP contribution in [0.2, 0.25) is 0 Å². The number of hydrogen-bond donors (Lipinski definition) is 1. The second-order valence-corrected chi connectivity index (χ2v) is 4.00. The van der Waals surface area contributed by atoms with E-state index in [1.165, 1.54) is 19.3 Å². The molecule has 0 spiro atoms. The number of aromatic nitrogens is 2. The van der Waals surface area contributed by atoms with Gasteiger partial charge in [0.1, 0.15) is 0 Å². The molecule has 4 nitrogen and oxygen atoms in total. The fraction of sp³-hybridized carbons (Fsp3) is 0.545. The third-order valence-corrected chi connectivity index (χ3v) is 2.92. The van der Waals surface area contributed by atoms with E-state index in [0.717, 1.165) is 18.5 Å². The van der Waals surface area contributed by atoms with E-state index in [4.69, 9.17) is 5.73 Å². The topological polar surface area (TPSA) is 68.9 Å². The monoisotopic (exact) mass is 205 g/mol. The lowest BCUT2D eigenvalue weighted by Gasteiger charge is -2.20. The molecule has 1 aliphatic carbocycles. The summed E-state index contributed by atoms with van der Waals surface area (Å²) in [5.74, 6) is 0.0746. The molecule has 4 heteroatoms. The number of amides is 1. The second-order valence-electron chi connectivity index (χ2n) is 4.00. The quantitative estimate of drug-likeness (QED) is 0.797. The van der Waals surface area contributed by atoms with Gasteiger partial charge in [0, 0.05) is 17.8 Å². The van der Waals surface area contributed by atoms with Crippen LogP contribution in [-0.4, -0.2) is 15.9 Å². The number of rotatable bonds is 2. The van der Waals surface area contributed by atoms with Gasteiger partial charge in [0.2, 0.25) is 5.82 Å². The van der Waals surface area contributed by atoms with Gasteiger partial charge in [-0.2, -0.15) is 0 Å². The van der Waals surface area contributed by atoms with E-state index in [-0.39, 0.29) is 5.82 Å². The van der Waals surface area contributed by atoms with Crippen LogP contribution in [0.1, 0.15) is 54.3 Å². The van der Waals surface area contributed by atoms with Gasteiger partial charge >= 0.3 is 0 Å². The summed E-state index contributed by atoms with van der Waals surface area (Å²) in [4.78, 5) is 19.0. The smallest absolute Gasteiger partial charge is 0.286 e. The lowest BCUT2D eigenvalue weighted by atomic mass is 9.87. The molecule has 0 radical (unpaired) electrons. The van der Waals surface area contributed by atoms with E-state index in [1.807, 2.05) is 6.07 Å². The molecule has 1 fully saturated rings. The zero-order chi connectivity index (χ0) is 10.7. The number of carbonyl (C=O) groups is 1. The van der Waals surface area contributed by atoms with Crippen LogP contribution in [0, 0.1) is 0 Å². The lowest BCUT2D eigenvalue weighted by Crippen LogP contribution is -2.17. The highest BCUT2D eigenvalue weighted by molar-refractivity contribution is 5.88. The second kappa shape index (κ2) is 4.38. The molecule has 80 valence electrons. The van der Waals surface area contributed by atoms with Crippen molar-refractivity contribution in [1.82, 2.24) is 9.97 Å². The molecule has 1 saturated carbocycles. The summed E-state index contributed by atoms with van der Waals surface area (Å²) in [5, 5.41) is 0. The van der Waals surface area contributed by atoms with Gasteiger partial charge in [0.15, 0.2) is 0 Å². The molecule has 0 atom stereocenters. The van der Waals surface area contributed by atoms with Crippen LogP contribution in [0.15, 0.2) is 12.3 Å². The Morgan fingerprint density at radius 3 is 2.73 bits per heavy atom. The highest BCUT2D eigenvalue weighted by Crippen LogP contribution is 2.31. The zero-order valence-corrected chi connectivity index (χ0v) is 8.65. The Hall–Kier alpha value is -1.45. The SMILES string of the molecule is NC(=O)c1nccc(C2CCCCC2)n1. The molecule has 1 heterocycles. The molecule has 1 aromatic heterocycles. The standard InChI is InChI=1S/C11H15N3O/c12-10(15)11-13-7-6-9(14-11)8-4-2-1-3-5-8/h6-8H,1-5H2,(H2,12,15). The number of primary amides is 1.